The molecule has 33 heteroatoms. The van der Waals surface area contributed by atoms with Gasteiger partial charge >= 0.3 is 11.9 Å². The van der Waals surface area contributed by atoms with Gasteiger partial charge in [0.05, 0.1) is 54.3 Å². The van der Waals surface area contributed by atoms with Crippen LogP contribution in [-0.2, 0) is 30.5 Å². The van der Waals surface area contributed by atoms with Crippen molar-refractivity contribution in [3.05, 3.63) is 123 Å². The van der Waals surface area contributed by atoms with Gasteiger partial charge in [0.15, 0.2) is 5.82 Å². The number of anilines is 2. The van der Waals surface area contributed by atoms with Gasteiger partial charge in [-0.15, -0.1) is 68.0 Å². The number of aryl methyl sites for hydroxylation is 1. The minimum atomic E-state index is -1.36. The molecular formula is C59H57N15O12S6. The van der Waals surface area contributed by atoms with Crippen LogP contribution >= 0.6 is 68.0 Å². The molecule has 1 saturated carbocycles. The van der Waals surface area contributed by atoms with Gasteiger partial charge in [-0.1, -0.05) is 44.2 Å². The number of carboxylic acid groups (broad SMARTS) is 2. The van der Waals surface area contributed by atoms with Crippen molar-refractivity contribution < 1.29 is 58.4 Å². The molecule has 92 heavy (non-hydrogen) atoms. The third-order valence-electron chi connectivity index (χ3n) is 15.1. The zero-order valence-electron chi connectivity index (χ0n) is 49.4. The zero-order valence-corrected chi connectivity index (χ0v) is 54.3. The van der Waals surface area contributed by atoms with Crippen LogP contribution in [0.25, 0.3) is 43.4 Å². The van der Waals surface area contributed by atoms with E-state index in [-0.39, 0.29) is 84.0 Å². The zero-order chi connectivity index (χ0) is 65.1. The Bertz CT molecular complexity index is 4280. The Morgan fingerprint density at radius 3 is 2.11 bits per heavy atom. The van der Waals surface area contributed by atoms with Crippen molar-refractivity contribution in [3.63, 3.8) is 0 Å². The second-order valence-electron chi connectivity index (χ2n) is 21.6. The molecule has 1 aromatic carbocycles. The molecule has 1 unspecified atom stereocenters. The van der Waals surface area contributed by atoms with Crippen molar-refractivity contribution in [2.45, 2.75) is 83.7 Å². The molecule has 1 aliphatic heterocycles. The average molecular weight is 1360 g/mol. The van der Waals surface area contributed by atoms with Crippen LogP contribution in [-0.4, -0.2) is 128 Å². The Morgan fingerprint density at radius 1 is 0.696 bits per heavy atom. The highest BCUT2D eigenvalue weighted by molar-refractivity contribution is 7.15. The van der Waals surface area contributed by atoms with E-state index in [1.807, 2.05) is 13.8 Å². The van der Waals surface area contributed by atoms with Crippen LogP contribution < -0.4 is 31.5 Å². The number of carbonyl (C=O) groups is 8. The summed E-state index contributed by atoms with van der Waals surface area (Å²) >= 11 is 6.91. The van der Waals surface area contributed by atoms with Crippen LogP contribution in [0.2, 0.25) is 0 Å². The number of H-pyrrole nitrogens is 1. The van der Waals surface area contributed by atoms with Crippen LogP contribution in [0.15, 0.2) is 70.2 Å². The molecular weight excluding hydrogens is 1300 g/mol. The van der Waals surface area contributed by atoms with E-state index in [4.69, 9.17) is 39.6 Å². The molecule has 8 aromatic heterocycles. The number of ether oxygens (including phenoxy) is 1. The minimum Gasteiger partial charge on any atom is -0.481 e. The number of hydrogen-bond donors (Lipinski definition) is 9. The first-order valence-electron chi connectivity index (χ1n) is 28.5. The van der Waals surface area contributed by atoms with E-state index in [9.17, 15) is 53.7 Å². The lowest BCUT2D eigenvalue weighted by Crippen LogP contribution is -2.40. The Hall–Kier alpha value is -8.96. The van der Waals surface area contributed by atoms with Crippen molar-refractivity contribution in [2.75, 3.05) is 25.6 Å². The third kappa shape index (κ3) is 13.9. The number of hydrogen-bond acceptors (Lipinski definition) is 24. The molecule has 11 rings (SSSR count). The standard InChI is InChI=1S/C59H57N15O12S6/c1-25(2)41-56-73-44(36(92-56)20-86-5)49(79)62-19-40(76)70-45(46(77)27-9-7-6-8-10-27)55-67-35(23-89-55)53-65-33(21-88-53)43-30(51-66-34(22-87-51)48(78)64-32(17-39(75)60-4)54-72-42(26(3)91-54)50(80)71-41)15-16-31(63-43)52-69-38(24-90-52)74(37-18-61-47(68-37)59(84)85)57(81)28-11-13-29(14-12-28)58(82)83/h6-10,15-16,18,21-25,28-29,32,41,45-46,77H,11-14,17,19-20H2,1-5H3,(H,60,75)(H,61,68)(H,62,79)(H,64,78)(H,70,76)(H,71,80)(H,82,83)(H,84,85)/t28?,29?,32-,41?,45-,46-/m0/s1. The lowest BCUT2D eigenvalue weighted by Gasteiger charge is -2.29. The third-order valence-corrected chi connectivity index (χ3v) is 20.8. The number of methoxy groups -OCH3 is 1. The van der Waals surface area contributed by atoms with Gasteiger partial charge in [0.25, 0.3) is 17.7 Å². The number of amides is 6. The first kappa shape index (κ1) is 64.6. The highest BCUT2D eigenvalue weighted by atomic mass is 32.1. The number of imidazole rings is 1. The van der Waals surface area contributed by atoms with Crippen LogP contribution in [0.4, 0.5) is 11.6 Å². The van der Waals surface area contributed by atoms with Gasteiger partial charge in [-0.3, -0.25) is 33.6 Å². The molecule has 6 amide bonds. The number of aromatic nitrogens is 9. The highest BCUT2D eigenvalue weighted by Crippen LogP contribution is 2.42. The summed E-state index contributed by atoms with van der Waals surface area (Å²) in [5.74, 6) is -7.52. The van der Waals surface area contributed by atoms with Gasteiger partial charge in [-0.05, 0) is 56.2 Å². The second-order valence-corrected chi connectivity index (χ2v) is 27.4. The van der Waals surface area contributed by atoms with E-state index >= 15 is 0 Å². The number of pyridine rings is 1. The number of aliphatic hydroxyl groups is 1. The van der Waals surface area contributed by atoms with Gasteiger partial charge < -0.3 is 51.6 Å². The van der Waals surface area contributed by atoms with Crippen LogP contribution in [0, 0.1) is 24.7 Å². The summed E-state index contributed by atoms with van der Waals surface area (Å²) in [6, 6.07) is 9.18. The van der Waals surface area contributed by atoms with Crippen LogP contribution in [0.3, 0.4) is 0 Å². The summed E-state index contributed by atoms with van der Waals surface area (Å²) in [6.07, 6.45) is 0.732. The minimum absolute atomic E-state index is 0.0179. The number of aliphatic carboxylic acids is 1. The normalized spacial score (nSPS) is 18.4. The Labute approximate surface area is 547 Å². The number of nitrogens with one attached hydrogen (secondary N) is 6. The van der Waals surface area contributed by atoms with Gasteiger partial charge in [0.1, 0.15) is 82.2 Å². The molecule has 2 aliphatic rings. The molecule has 0 saturated heterocycles. The van der Waals surface area contributed by atoms with Crippen molar-refractivity contribution in [2.24, 2.45) is 17.8 Å². The predicted octanol–water partition coefficient (Wildman–Crippen LogP) is 8.29. The topological polar surface area (TPSA) is 389 Å². The number of fused-ring (bicyclic) bond motifs is 14. The molecule has 9 N–H and O–H groups in total. The Morgan fingerprint density at radius 2 is 1.39 bits per heavy atom. The highest BCUT2D eigenvalue weighted by Gasteiger charge is 2.37. The molecule has 27 nitrogen and oxygen atoms in total. The predicted molar refractivity (Wildman–Crippen MR) is 343 cm³/mol. The van der Waals surface area contributed by atoms with Gasteiger partial charge in [-0.2, -0.15) is 0 Å². The molecule has 9 aromatic rings. The SMILES string of the molecule is CNC(=O)C[C@@H]1NC(=O)c2csc(n2)-c2ccc(-c3nc(N(C(=O)C4CCC(C(=O)O)CC4)c4cnc(C(=O)O)[nH]4)cs3)nc2-c2csc(n2)-c2csc(n2)[C@H]([C@@H](O)c2ccccc2)NC(=O)CNC(=O)c2nc(sc2COC)C(C(C)C)NC(=O)c2nc1sc2C. The second kappa shape index (κ2) is 27.9. The summed E-state index contributed by atoms with van der Waals surface area (Å²) < 4.78 is 5.46. The quantitative estimate of drug-likeness (QED) is 0.0524. The summed E-state index contributed by atoms with van der Waals surface area (Å²) in [6.45, 7) is 4.87. The number of benzene rings is 1. The van der Waals surface area contributed by atoms with Crippen LogP contribution in [0.1, 0.15) is 143 Å². The van der Waals surface area contributed by atoms with Crippen molar-refractivity contribution >= 4 is 127 Å². The molecule has 0 radical (unpaired) electrons. The summed E-state index contributed by atoms with van der Waals surface area (Å²) in [7, 11) is 2.91. The smallest absolute Gasteiger partial charge is 0.371 e. The molecule has 476 valence electrons. The van der Waals surface area contributed by atoms with E-state index < -0.39 is 95.8 Å². The maximum Gasteiger partial charge on any atom is 0.371 e. The number of aliphatic hydroxyl groups excluding tert-OH is 1. The van der Waals surface area contributed by atoms with Crippen molar-refractivity contribution in [1.29, 1.82) is 0 Å². The molecule has 1 aliphatic carbocycles. The Balaban J connectivity index is 0.994. The fourth-order valence-corrected chi connectivity index (χ4v) is 15.9. The fraction of sp³-hybridized carbons (Fsp3) is 0.322. The number of thiazole rings is 6. The van der Waals surface area contributed by atoms with Gasteiger partial charge in [0, 0.05) is 52.0 Å². The lowest BCUT2D eigenvalue weighted by atomic mass is 9.81. The average Bonchev–Trinajstić information content (AvgIpc) is 1.73. The molecule has 1 fully saturated rings. The number of aromatic carboxylic acids is 1. The van der Waals surface area contributed by atoms with Crippen molar-refractivity contribution in [3.8, 4) is 43.4 Å². The van der Waals surface area contributed by atoms with Gasteiger partial charge in [-0.25, -0.2) is 49.6 Å². The molecule has 0 spiro atoms. The molecule has 10 bridgehead atoms. The van der Waals surface area contributed by atoms with E-state index in [0.717, 1.165) is 56.7 Å². The number of carboxylic acids is 2. The van der Waals surface area contributed by atoms with E-state index in [0.29, 0.717) is 63.0 Å². The summed E-state index contributed by atoms with van der Waals surface area (Å²) in [5.41, 5.74) is 2.20. The molecule has 9 heterocycles. The molecule has 4 atom stereocenters. The number of rotatable bonds is 13. The van der Waals surface area contributed by atoms with E-state index in [2.05, 4.69) is 36.6 Å². The van der Waals surface area contributed by atoms with Crippen LogP contribution in [0.5, 0.6) is 0 Å². The number of carbonyl (C=O) groups excluding carboxylic acids is 6. The summed E-state index contributed by atoms with van der Waals surface area (Å²) in [5, 5.41) is 54.1. The largest absolute Gasteiger partial charge is 0.481 e. The summed E-state index contributed by atoms with van der Waals surface area (Å²) in [4.78, 5) is 151. The Kier molecular flexibility index (Phi) is 19.6. The fourth-order valence-electron chi connectivity index (χ4n) is 10.3. The lowest BCUT2D eigenvalue weighted by molar-refractivity contribution is -0.144. The first-order chi connectivity index (χ1) is 44.2. The number of aromatic amines is 1. The number of nitrogens with zero attached hydrogens (tertiary/aromatic N) is 9. The first-order valence-corrected chi connectivity index (χ1v) is 33.7. The maximum absolute atomic E-state index is 14.5. The van der Waals surface area contributed by atoms with E-state index in [1.165, 1.54) is 36.6 Å². The maximum atomic E-state index is 14.5. The van der Waals surface area contributed by atoms with E-state index in [1.54, 1.807) is 70.9 Å². The van der Waals surface area contributed by atoms with Gasteiger partial charge in [0.2, 0.25) is 23.5 Å². The van der Waals surface area contributed by atoms with Crippen molar-refractivity contribution in [1.82, 2.24) is 71.4 Å². The monoisotopic (exact) mass is 1360 g/mol.